The summed E-state index contributed by atoms with van der Waals surface area (Å²) in [4.78, 5) is 56.2. The van der Waals surface area contributed by atoms with Crippen molar-refractivity contribution in [2.45, 2.75) is 22.7 Å². The first-order valence-electron chi connectivity index (χ1n) is 13.4. The Balaban J connectivity index is 1.28. The highest BCUT2D eigenvalue weighted by Crippen LogP contribution is 2.54. The van der Waals surface area contributed by atoms with Crippen LogP contribution in [0.3, 0.4) is 0 Å². The molecule has 0 aliphatic carbocycles. The number of imide groups is 1. The summed E-state index contributed by atoms with van der Waals surface area (Å²) in [5, 5.41) is 5.08. The van der Waals surface area contributed by atoms with Crippen molar-refractivity contribution < 1.29 is 14.4 Å². The molecule has 1 saturated heterocycles. The zero-order chi connectivity index (χ0) is 29.8. The molecule has 2 aliphatic rings. The number of benzene rings is 4. The average molecular weight is 691 g/mol. The monoisotopic (exact) mass is 689 g/mol. The van der Waals surface area contributed by atoms with Crippen molar-refractivity contribution in [3.63, 3.8) is 0 Å². The van der Waals surface area contributed by atoms with E-state index in [2.05, 4.69) is 21.2 Å². The second kappa shape index (κ2) is 11.1. The molecule has 1 fully saturated rings. The SMILES string of the molecule is O=C(Cn1c2c(sc1=O)C(c1cccc(Br)c1)C1C(=O)N(c3ccc(Cl)cc3)C(=O)C1S2)Nc1cccc2ccccc12. The normalized spacial score (nSPS) is 19.4. The molecule has 0 spiro atoms. The molecule has 214 valence electrons. The summed E-state index contributed by atoms with van der Waals surface area (Å²) in [6.07, 6.45) is 0. The number of carbonyl (C=O) groups excluding carboxylic acids is 3. The summed E-state index contributed by atoms with van der Waals surface area (Å²) in [5.41, 5.74) is 1.89. The third kappa shape index (κ3) is 4.92. The van der Waals surface area contributed by atoms with E-state index in [9.17, 15) is 19.2 Å². The fourth-order valence-electron chi connectivity index (χ4n) is 5.83. The van der Waals surface area contributed by atoms with Crippen molar-refractivity contribution in [2.75, 3.05) is 10.2 Å². The summed E-state index contributed by atoms with van der Waals surface area (Å²) >= 11 is 11.8. The van der Waals surface area contributed by atoms with Gasteiger partial charge in [-0.1, -0.05) is 99.2 Å². The van der Waals surface area contributed by atoms with Crippen LogP contribution in [0.25, 0.3) is 10.8 Å². The Morgan fingerprint density at radius 3 is 2.44 bits per heavy atom. The van der Waals surface area contributed by atoms with Gasteiger partial charge in [0.05, 0.1) is 16.6 Å². The van der Waals surface area contributed by atoms with Crippen LogP contribution in [0, 0.1) is 5.92 Å². The van der Waals surface area contributed by atoms with E-state index in [0.717, 1.165) is 32.1 Å². The van der Waals surface area contributed by atoms with Gasteiger partial charge in [0.25, 0.3) is 0 Å². The maximum absolute atomic E-state index is 14.0. The van der Waals surface area contributed by atoms with Crippen LogP contribution in [0.5, 0.6) is 0 Å². The van der Waals surface area contributed by atoms with Crippen LogP contribution in [-0.2, 0) is 20.9 Å². The number of rotatable bonds is 5. The van der Waals surface area contributed by atoms with E-state index in [4.69, 9.17) is 11.6 Å². The van der Waals surface area contributed by atoms with Crippen molar-refractivity contribution in [1.82, 2.24) is 4.57 Å². The Morgan fingerprint density at radius 1 is 0.907 bits per heavy atom. The molecular formula is C32H21BrClN3O4S2. The first-order chi connectivity index (χ1) is 20.8. The van der Waals surface area contributed by atoms with Crippen LogP contribution >= 0.6 is 50.6 Å². The van der Waals surface area contributed by atoms with Gasteiger partial charge in [-0.15, -0.1) is 0 Å². The molecule has 43 heavy (non-hydrogen) atoms. The van der Waals surface area contributed by atoms with Crippen LogP contribution < -0.4 is 15.1 Å². The molecule has 7 nitrogen and oxygen atoms in total. The largest absolute Gasteiger partial charge is 0.324 e. The van der Waals surface area contributed by atoms with E-state index in [1.165, 1.54) is 21.2 Å². The molecule has 7 rings (SSSR count). The molecule has 11 heteroatoms. The van der Waals surface area contributed by atoms with Gasteiger partial charge in [-0.25, -0.2) is 4.90 Å². The first-order valence-corrected chi connectivity index (χ1v) is 16.2. The van der Waals surface area contributed by atoms with E-state index in [-0.39, 0.29) is 29.1 Å². The minimum absolute atomic E-state index is 0.230. The lowest BCUT2D eigenvalue weighted by molar-refractivity contribution is -0.122. The summed E-state index contributed by atoms with van der Waals surface area (Å²) in [7, 11) is 0. The van der Waals surface area contributed by atoms with E-state index < -0.39 is 17.1 Å². The molecule has 0 bridgehead atoms. The topological polar surface area (TPSA) is 88.5 Å². The number of halogens is 2. The molecule has 3 atom stereocenters. The second-order valence-electron chi connectivity index (χ2n) is 10.3. The number of carbonyl (C=O) groups is 3. The van der Waals surface area contributed by atoms with Gasteiger partial charge in [0.1, 0.15) is 11.8 Å². The highest BCUT2D eigenvalue weighted by Gasteiger charge is 2.56. The molecule has 0 saturated carbocycles. The number of thiazole rings is 1. The van der Waals surface area contributed by atoms with Crippen molar-refractivity contribution in [2.24, 2.45) is 5.92 Å². The second-order valence-corrected chi connectivity index (χ2v) is 13.8. The fraction of sp³-hybridized carbons (Fsp3) is 0.125. The minimum Gasteiger partial charge on any atom is -0.324 e. The van der Waals surface area contributed by atoms with Gasteiger partial charge in [-0.2, -0.15) is 0 Å². The van der Waals surface area contributed by atoms with Gasteiger partial charge < -0.3 is 5.32 Å². The molecule has 5 aromatic rings. The maximum atomic E-state index is 14.0. The van der Waals surface area contributed by atoms with Crippen molar-refractivity contribution in [3.05, 3.63) is 121 Å². The molecule has 4 aromatic carbocycles. The van der Waals surface area contributed by atoms with Gasteiger partial charge in [-0.3, -0.25) is 23.7 Å². The van der Waals surface area contributed by atoms with Crippen LogP contribution in [-0.4, -0.2) is 27.5 Å². The number of nitrogens with zero attached hydrogens (tertiary/aromatic N) is 2. The number of hydrogen-bond donors (Lipinski definition) is 1. The third-order valence-corrected chi connectivity index (χ3v) is 11.1. The number of aromatic nitrogens is 1. The molecule has 3 amide bonds. The zero-order valence-electron chi connectivity index (χ0n) is 22.2. The van der Waals surface area contributed by atoms with Gasteiger partial charge in [-0.05, 0) is 53.4 Å². The van der Waals surface area contributed by atoms with Gasteiger partial charge in [0.15, 0.2) is 0 Å². The quantitative estimate of drug-likeness (QED) is 0.203. The Morgan fingerprint density at radius 2 is 1.65 bits per heavy atom. The van der Waals surface area contributed by atoms with Crippen LogP contribution in [0.15, 0.2) is 105 Å². The lowest BCUT2D eigenvalue weighted by atomic mass is 9.83. The van der Waals surface area contributed by atoms with Gasteiger partial charge in [0, 0.05) is 31.4 Å². The van der Waals surface area contributed by atoms with Gasteiger partial charge in [0.2, 0.25) is 17.7 Å². The molecule has 3 unspecified atom stereocenters. The van der Waals surface area contributed by atoms with Crippen LogP contribution in [0.2, 0.25) is 5.02 Å². The van der Waals surface area contributed by atoms with Crippen molar-refractivity contribution in [3.8, 4) is 0 Å². The highest BCUT2D eigenvalue weighted by atomic mass is 79.9. The highest BCUT2D eigenvalue weighted by molar-refractivity contribution is 9.10. The number of thioether (sulfide) groups is 1. The lowest BCUT2D eigenvalue weighted by Gasteiger charge is -2.30. The molecule has 2 aliphatic heterocycles. The Hall–Kier alpha value is -3.70. The van der Waals surface area contributed by atoms with Crippen molar-refractivity contribution in [1.29, 1.82) is 0 Å². The Labute approximate surface area is 267 Å². The Bertz CT molecular complexity index is 2000. The molecule has 0 radical (unpaired) electrons. The number of amides is 3. The number of anilines is 2. The summed E-state index contributed by atoms with van der Waals surface area (Å²) in [6, 6.07) is 27.5. The van der Waals surface area contributed by atoms with E-state index in [1.807, 2.05) is 66.7 Å². The third-order valence-electron chi connectivity index (χ3n) is 7.71. The summed E-state index contributed by atoms with van der Waals surface area (Å²) in [5.74, 6) is -2.34. The first kappa shape index (κ1) is 28.1. The van der Waals surface area contributed by atoms with E-state index in [0.29, 0.717) is 26.3 Å². The van der Waals surface area contributed by atoms with Crippen LogP contribution in [0.4, 0.5) is 11.4 Å². The predicted octanol–water partition coefficient (Wildman–Crippen LogP) is 6.91. The maximum Gasteiger partial charge on any atom is 0.308 e. The fourth-order valence-corrected chi connectivity index (χ4v) is 9.14. The summed E-state index contributed by atoms with van der Waals surface area (Å²) < 4.78 is 2.24. The molecule has 3 heterocycles. The van der Waals surface area contributed by atoms with Crippen LogP contribution in [0.1, 0.15) is 16.4 Å². The summed E-state index contributed by atoms with van der Waals surface area (Å²) in [6.45, 7) is -0.230. The van der Waals surface area contributed by atoms with E-state index >= 15 is 0 Å². The standard InChI is InChI=1S/C32H21BrClN3O4S2/c33-19-8-3-7-18(15-19)25-26-27(30(40)37(29(26)39)21-13-11-20(34)12-14-21)42-31-28(25)43-32(41)36(31)16-24(38)35-23-10-4-6-17-5-1-2-9-22(17)23/h1-15,25-27H,16H2,(H,35,38). The van der Waals surface area contributed by atoms with Crippen molar-refractivity contribution >= 4 is 90.5 Å². The molecule has 1 aromatic heterocycles. The smallest absolute Gasteiger partial charge is 0.308 e. The average Bonchev–Trinajstić information content (AvgIpc) is 3.44. The predicted molar refractivity (Wildman–Crippen MR) is 174 cm³/mol. The lowest BCUT2D eigenvalue weighted by Crippen LogP contribution is -2.33. The number of fused-ring (bicyclic) bond motifs is 3. The molecule has 1 N–H and O–H groups in total. The minimum atomic E-state index is -0.777. The number of nitrogens with one attached hydrogen (secondary N) is 1. The molecular weight excluding hydrogens is 670 g/mol. The van der Waals surface area contributed by atoms with Gasteiger partial charge >= 0.3 is 4.87 Å². The van der Waals surface area contributed by atoms with E-state index in [1.54, 1.807) is 24.3 Å². The Kier molecular flexibility index (Phi) is 7.25. The zero-order valence-corrected chi connectivity index (χ0v) is 26.2. The number of hydrogen-bond acceptors (Lipinski definition) is 6.